The molecule has 1 aliphatic heterocycles. The van der Waals surface area contributed by atoms with E-state index in [1.165, 1.54) is 0 Å². The molecule has 0 atom stereocenters. The van der Waals surface area contributed by atoms with Gasteiger partial charge in [-0.2, -0.15) is 0 Å². The van der Waals surface area contributed by atoms with E-state index in [9.17, 15) is 9.59 Å². The van der Waals surface area contributed by atoms with Crippen molar-refractivity contribution in [2.75, 3.05) is 12.1 Å². The van der Waals surface area contributed by atoms with Gasteiger partial charge in [-0.25, -0.2) is 0 Å². The van der Waals surface area contributed by atoms with Gasteiger partial charge in [-0.05, 0) is 24.3 Å². The molecule has 3 aromatic rings. The first-order chi connectivity index (χ1) is 11.2. The van der Waals surface area contributed by atoms with Crippen LogP contribution in [0.1, 0.15) is 5.56 Å². The fraction of sp³-hybridized carbons (Fsp3) is 0.125. The van der Waals surface area contributed by atoms with E-state index in [2.05, 4.69) is 15.3 Å². The van der Waals surface area contributed by atoms with Crippen LogP contribution in [0, 0.1) is 0 Å². The van der Waals surface area contributed by atoms with Gasteiger partial charge in [-0.15, -0.1) is 0 Å². The minimum Gasteiger partial charge on any atom is -0.454 e. The van der Waals surface area contributed by atoms with Crippen molar-refractivity contribution in [1.82, 2.24) is 9.97 Å². The van der Waals surface area contributed by atoms with Gasteiger partial charge in [0.2, 0.25) is 6.79 Å². The number of H-pyrrole nitrogens is 2. The maximum absolute atomic E-state index is 12.2. The highest BCUT2D eigenvalue weighted by Crippen LogP contribution is 2.35. The van der Waals surface area contributed by atoms with Crippen LogP contribution < -0.4 is 25.9 Å². The van der Waals surface area contributed by atoms with E-state index in [1.54, 1.807) is 30.5 Å². The van der Waals surface area contributed by atoms with E-state index < -0.39 is 0 Å². The molecule has 4 rings (SSSR count). The summed E-state index contributed by atoms with van der Waals surface area (Å²) in [7, 11) is 0. The molecule has 0 unspecified atom stereocenters. The molecule has 0 radical (unpaired) electrons. The lowest BCUT2D eigenvalue weighted by molar-refractivity contribution is 0.174. The van der Waals surface area contributed by atoms with Crippen LogP contribution in [0.2, 0.25) is 0 Å². The first-order valence-electron chi connectivity index (χ1n) is 7.08. The van der Waals surface area contributed by atoms with Crippen molar-refractivity contribution in [3.8, 4) is 11.5 Å². The fourth-order valence-corrected chi connectivity index (χ4v) is 2.52. The van der Waals surface area contributed by atoms with E-state index >= 15 is 0 Å². The summed E-state index contributed by atoms with van der Waals surface area (Å²) < 4.78 is 10.6. The Morgan fingerprint density at radius 1 is 1.09 bits per heavy atom. The standard InChI is InChI=1S/C16H13N3O4/c20-15-10(7-18-11-2-1-3-17-16(11)21)4-9-5-13-14(23-8-22-13)6-12(9)19-15/h1-6,18H,7-8H2,(H,17,21)(H,19,20). The zero-order chi connectivity index (χ0) is 15.8. The van der Waals surface area contributed by atoms with Crippen molar-refractivity contribution in [2.24, 2.45) is 0 Å². The number of hydrogen-bond donors (Lipinski definition) is 3. The van der Waals surface area contributed by atoms with Crippen LogP contribution in [0.5, 0.6) is 11.5 Å². The molecule has 0 saturated heterocycles. The molecule has 0 aliphatic carbocycles. The third-order valence-corrected chi connectivity index (χ3v) is 3.70. The van der Waals surface area contributed by atoms with Crippen molar-refractivity contribution >= 4 is 16.6 Å². The first-order valence-corrected chi connectivity index (χ1v) is 7.08. The third kappa shape index (κ3) is 2.42. The third-order valence-electron chi connectivity index (χ3n) is 3.70. The van der Waals surface area contributed by atoms with Gasteiger partial charge < -0.3 is 24.8 Å². The van der Waals surface area contributed by atoms with Crippen LogP contribution in [-0.4, -0.2) is 16.8 Å². The number of benzene rings is 1. The number of aromatic nitrogens is 2. The minimum atomic E-state index is -0.229. The molecule has 23 heavy (non-hydrogen) atoms. The Balaban J connectivity index is 1.69. The van der Waals surface area contributed by atoms with E-state index in [1.807, 2.05) is 6.07 Å². The molecular weight excluding hydrogens is 298 g/mol. The van der Waals surface area contributed by atoms with Crippen LogP contribution in [0.25, 0.3) is 10.9 Å². The Hall–Kier alpha value is -3.22. The summed E-state index contributed by atoms with van der Waals surface area (Å²) in [5.74, 6) is 1.28. The highest BCUT2D eigenvalue weighted by molar-refractivity contribution is 5.83. The average Bonchev–Trinajstić information content (AvgIpc) is 2.99. The molecule has 7 heteroatoms. The van der Waals surface area contributed by atoms with Crippen molar-refractivity contribution < 1.29 is 9.47 Å². The Bertz CT molecular complexity index is 1010. The molecule has 116 valence electrons. The second kappa shape index (κ2) is 5.20. The van der Waals surface area contributed by atoms with Crippen molar-refractivity contribution in [2.45, 2.75) is 6.54 Å². The number of pyridine rings is 2. The maximum Gasteiger partial charge on any atom is 0.271 e. The predicted molar refractivity (Wildman–Crippen MR) is 85.1 cm³/mol. The van der Waals surface area contributed by atoms with E-state index in [4.69, 9.17) is 9.47 Å². The number of hydrogen-bond acceptors (Lipinski definition) is 5. The van der Waals surface area contributed by atoms with E-state index in [0.717, 1.165) is 5.39 Å². The zero-order valence-electron chi connectivity index (χ0n) is 12.0. The predicted octanol–water partition coefficient (Wildman–Crippen LogP) is 1.56. The largest absolute Gasteiger partial charge is 0.454 e. The molecule has 1 aromatic carbocycles. The number of ether oxygens (including phenoxy) is 2. The Morgan fingerprint density at radius 2 is 1.91 bits per heavy atom. The quantitative estimate of drug-likeness (QED) is 0.682. The topological polar surface area (TPSA) is 96.2 Å². The SMILES string of the molecule is O=c1[nH]c2cc3c(cc2cc1CNc1ccc[nH]c1=O)OCO3. The average molecular weight is 311 g/mol. The van der Waals surface area contributed by atoms with Gasteiger partial charge >= 0.3 is 0 Å². The minimum absolute atomic E-state index is 0.182. The van der Waals surface area contributed by atoms with Crippen molar-refractivity contribution in [3.05, 3.63) is 62.8 Å². The van der Waals surface area contributed by atoms with Gasteiger partial charge in [-0.1, -0.05) is 0 Å². The summed E-state index contributed by atoms with van der Waals surface area (Å²) in [6.07, 6.45) is 1.55. The molecule has 0 spiro atoms. The van der Waals surface area contributed by atoms with Crippen LogP contribution in [0.3, 0.4) is 0 Å². The molecule has 0 saturated carbocycles. The van der Waals surface area contributed by atoms with Gasteiger partial charge in [-0.3, -0.25) is 9.59 Å². The van der Waals surface area contributed by atoms with Crippen LogP contribution in [0.4, 0.5) is 5.69 Å². The first kappa shape index (κ1) is 13.4. The van der Waals surface area contributed by atoms with E-state index in [-0.39, 0.29) is 24.5 Å². The van der Waals surface area contributed by atoms with Gasteiger partial charge in [0.05, 0.1) is 5.52 Å². The van der Waals surface area contributed by atoms with Crippen LogP contribution in [0.15, 0.2) is 46.1 Å². The number of rotatable bonds is 3. The summed E-state index contributed by atoms with van der Waals surface area (Å²) in [4.78, 5) is 29.2. The molecular formula is C16H13N3O4. The molecule has 1 aliphatic rings. The lowest BCUT2D eigenvalue weighted by Gasteiger charge is -2.07. The number of fused-ring (bicyclic) bond motifs is 2. The van der Waals surface area contributed by atoms with E-state index in [0.29, 0.717) is 28.3 Å². The maximum atomic E-state index is 12.2. The number of aromatic amines is 2. The van der Waals surface area contributed by atoms with Crippen LogP contribution >= 0.6 is 0 Å². The van der Waals surface area contributed by atoms with Gasteiger partial charge in [0.25, 0.3) is 11.1 Å². The summed E-state index contributed by atoms with van der Waals surface area (Å²) in [5, 5.41) is 3.81. The molecule has 3 heterocycles. The molecule has 0 amide bonds. The normalized spacial score (nSPS) is 12.5. The fourth-order valence-electron chi connectivity index (χ4n) is 2.52. The lowest BCUT2D eigenvalue weighted by atomic mass is 10.1. The van der Waals surface area contributed by atoms with Crippen molar-refractivity contribution in [1.29, 1.82) is 0 Å². The summed E-state index contributed by atoms with van der Waals surface area (Å²) in [6.45, 7) is 0.424. The smallest absolute Gasteiger partial charge is 0.271 e. The number of anilines is 1. The summed E-state index contributed by atoms with van der Waals surface area (Å²) in [5.41, 5.74) is 1.18. The molecule has 7 nitrogen and oxygen atoms in total. The molecule has 0 fully saturated rings. The van der Waals surface area contributed by atoms with Gasteiger partial charge in [0.1, 0.15) is 5.69 Å². The van der Waals surface area contributed by atoms with Gasteiger partial charge in [0.15, 0.2) is 11.5 Å². The Labute approximate surface area is 129 Å². The second-order valence-corrected chi connectivity index (χ2v) is 5.18. The Morgan fingerprint density at radius 3 is 2.74 bits per heavy atom. The van der Waals surface area contributed by atoms with Gasteiger partial charge in [0, 0.05) is 29.8 Å². The lowest BCUT2D eigenvalue weighted by Crippen LogP contribution is -2.18. The molecule has 2 aromatic heterocycles. The summed E-state index contributed by atoms with van der Waals surface area (Å²) >= 11 is 0. The highest BCUT2D eigenvalue weighted by Gasteiger charge is 2.15. The molecule has 0 bridgehead atoms. The second-order valence-electron chi connectivity index (χ2n) is 5.18. The Kier molecular flexibility index (Phi) is 3.04. The van der Waals surface area contributed by atoms with Crippen molar-refractivity contribution in [3.63, 3.8) is 0 Å². The summed E-state index contributed by atoms with van der Waals surface area (Å²) in [6, 6.07) is 8.73. The monoisotopic (exact) mass is 311 g/mol. The van der Waals surface area contributed by atoms with Crippen LogP contribution in [-0.2, 0) is 6.54 Å². The highest BCUT2D eigenvalue weighted by atomic mass is 16.7. The zero-order valence-corrected chi connectivity index (χ0v) is 12.0. The number of nitrogens with one attached hydrogen (secondary N) is 3. The molecule has 3 N–H and O–H groups in total.